The quantitative estimate of drug-likeness (QED) is 0.776. The van der Waals surface area contributed by atoms with Crippen molar-refractivity contribution in [2.45, 2.75) is 23.4 Å². The van der Waals surface area contributed by atoms with Crippen molar-refractivity contribution in [3.63, 3.8) is 0 Å². The van der Waals surface area contributed by atoms with Crippen molar-refractivity contribution < 1.29 is 27.5 Å². The lowest BCUT2D eigenvalue weighted by Crippen LogP contribution is -2.44. The van der Waals surface area contributed by atoms with Gasteiger partial charge in [0.15, 0.2) is 0 Å². The minimum absolute atomic E-state index is 0.0912. The monoisotopic (exact) mass is 381 g/mol. The van der Waals surface area contributed by atoms with Crippen LogP contribution in [0.2, 0.25) is 0 Å². The van der Waals surface area contributed by atoms with E-state index < -0.39 is 16.1 Å². The van der Waals surface area contributed by atoms with Crippen LogP contribution >= 0.6 is 0 Å². The zero-order valence-electron chi connectivity index (χ0n) is 14.0. The largest absolute Gasteiger partial charge is 0.490 e. The molecule has 0 unspecified atom stereocenters. The molecule has 140 valence electrons. The number of carbonyl (C=O) groups is 2. The third kappa shape index (κ3) is 2.99. The molecule has 2 fully saturated rings. The number of rotatable bonds is 3. The summed E-state index contributed by atoms with van der Waals surface area (Å²) in [5.41, 5.74) is 0. The SMILES string of the molecule is O=C(CN1CCOC1=O)N[C@H]1C[C@H]2COc3ccccc3S(=O)(=O)N2C1. The first-order chi connectivity index (χ1) is 12.4. The zero-order valence-corrected chi connectivity index (χ0v) is 14.8. The fraction of sp³-hybridized carbons (Fsp3) is 0.500. The maximum atomic E-state index is 12.9. The molecule has 2 saturated heterocycles. The Labute approximate surface area is 150 Å². The Morgan fingerprint density at radius 3 is 2.85 bits per heavy atom. The van der Waals surface area contributed by atoms with Gasteiger partial charge in [0.2, 0.25) is 15.9 Å². The molecular formula is C16H19N3O6S. The minimum atomic E-state index is -3.68. The number of ether oxygens (including phenoxy) is 2. The van der Waals surface area contributed by atoms with Crippen LogP contribution in [-0.4, -0.2) is 74.6 Å². The molecule has 1 aromatic carbocycles. The molecule has 4 rings (SSSR count). The van der Waals surface area contributed by atoms with E-state index in [1.54, 1.807) is 18.2 Å². The van der Waals surface area contributed by atoms with E-state index in [-0.39, 0.29) is 49.2 Å². The molecule has 3 aliphatic rings. The molecule has 0 bridgehead atoms. The predicted octanol–water partition coefficient (Wildman–Crippen LogP) is -0.221. The van der Waals surface area contributed by atoms with Gasteiger partial charge < -0.3 is 14.8 Å². The van der Waals surface area contributed by atoms with Crippen LogP contribution in [0.15, 0.2) is 29.2 Å². The summed E-state index contributed by atoms with van der Waals surface area (Å²) in [6, 6.07) is 5.90. The van der Waals surface area contributed by atoms with Gasteiger partial charge in [-0.15, -0.1) is 0 Å². The number of cyclic esters (lactones) is 1. The predicted molar refractivity (Wildman–Crippen MR) is 89.1 cm³/mol. The first-order valence-corrected chi connectivity index (χ1v) is 9.84. The minimum Gasteiger partial charge on any atom is -0.490 e. The number of nitrogens with one attached hydrogen (secondary N) is 1. The number of fused-ring (bicyclic) bond motifs is 2. The second kappa shape index (κ2) is 6.44. The molecule has 10 heteroatoms. The van der Waals surface area contributed by atoms with E-state index in [9.17, 15) is 18.0 Å². The topological polar surface area (TPSA) is 105 Å². The first-order valence-electron chi connectivity index (χ1n) is 8.40. The third-order valence-electron chi connectivity index (χ3n) is 4.78. The van der Waals surface area contributed by atoms with Crippen LogP contribution in [0.25, 0.3) is 0 Å². The lowest BCUT2D eigenvalue weighted by molar-refractivity contribution is -0.122. The zero-order chi connectivity index (χ0) is 18.3. The van der Waals surface area contributed by atoms with Crippen molar-refractivity contribution in [2.24, 2.45) is 0 Å². The summed E-state index contributed by atoms with van der Waals surface area (Å²) in [6.07, 6.45) is -0.0447. The van der Waals surface area contributed by atoms with Gasteiger partial charge in [-0.2, -0.15) is 4.31 Å². The number of carbonyl (C=O) groups excluding carboxylic acids is 2. The Kier molecular flexibility index (Phi) is 4.23. The van der Waals surface area contributed by atoms with Crippen molar-refractivity contribution >= 4 is 22.0 Å². The average Bonchev–Trinajstić information content (AvgIpc) is 3.17. The number of sulfonamides is 1. The van der Waals surface area contributed by atoms with Crippen LogP contribution in [0.3, 0.4) is 0 Å². The summed E-state index contributed by atoms with van der Waals surface area (Å²) in [7, 11) is -3.68. The highest BCUT2D eigenvalue weighted by Crippen LogP contribution is 2.35. The number of nitrogens with zero attached hydrogens (tertiary/aromatic N) is 2. The molecule has 3 aliphatic heterocycles. The highest BCUT2D eigenvalue weighted by atomic mass is 32.2. The molecule has 3 heterocycles. The lowest BCUT2D eigenvalue weighted by atomic mass is 10.2. The Balaban J connectivity index is 1.45. The van der Waals surface area contributed by atoms with E-state index in [4.69, 9.17) is 9.47 Å². The maximum Gasteiger partial charge on any atom is 0.410 e. The molecule has 0 spiro atoms. The van der Waals surface area contributed by atoms with Gasteiger partial charge in [0.05, 0.1) is 12.6 Å². The number of hydrogen-bond donors (Lipinski definition) is 1. The number of para-hydroxylation sites is 1. The van der Waals surface area contributed by atoms with Crippen molar-refractivity contribution in [1.82, 2.24) is 14.5 Å². The molecule has 0 aromatic heterocycles. The molecule has 1 N–H and O–H groups in total. The van der Waals surface area contributed by atoms with Crippen LogP contribution in [0, 0.1) is 0 Å². The van der Waals surface area contributed by atoms with Gasteiger partial charge in [-0.25, -0.2) is 13.2 Å². The normalized spacial score (nSPS) is 27.1. The average molecular weight is 381 g/mol. The molecule has 2 amide bonds. The van der Waals surface area contributed by atoms with E-state index in [0.29, 0.717) is 18.7 Å². The van der Waals surface area contributed by atoms with Crippen LogP contribution in [0.1, 0.15) is 6.42 Å². The number of amides is 2. The second-order valence-electron chi connectivity index (χ2n) is 6.52. The van der Waals surface area contributed by atoms with E-state index >= 15 is 0 Å². The Hall–Kier alpha value is -2.33. The molecule has 26 heavy (non-hydrogen) atoms. The van der Waals surface area contributed by atoms with Crippen LogP contribution < -0.4 is 10.1 Å². The van der Waals surface area contributed by atoms with Crippen molar-refractivity contribution in [2.75, 3.05) is 32.8 Å². The van der Waals surface area contributed by atoms with Gasteiger partial charge in [0.1, 0.15) is 30.4 Å². The summed E-state index contributed by atoms with van der Waals surface area (Å²) in [6.45, 7) is 0.985. The van der Waals surface area contributed by atoms with E-state index in [2.05, 4.69) is 5.32 Å². The molecule has 0 radical (unpaired) electrons. The van der Waals surface area contributed by atoms with Crippen LogP contribution in [0.4, 0.5) is 4.79 Å². The lowest BCUT2D eigenvalue weighted by Gasteiger charge is -2.19. The summed E-state index contributed by atoms with van der Waals surface area (Å²) in [4.78, 5) is 25.1. The standard InChI is InChI=1S/C16H19N3O6S/c20-15(9-18-5-6-24-16(18)21)17-11-7-12-10-25-13-3-1-2-4-14(13)26(22,23)19(12)8-11/h1-4,11-12H,5-10H2,(H,17,20)/t11-,12-/m0/s1. The molecule has 9 nitrogen and oxygen atoms in total. The molecule has 0 saturated carbocycles. The van der Waals surface area contributed by atoms with Gasteiger partial charge in [-0.3, -0.25) is 9.69 Å². The summed E-state index contributed by atoms with van der Waals surface area (Å²) in [5, 5.41) is 2.81. The van der Waals surface area contributed by atoms with E-state index in [1.807, 2.05) is 0 Å². The summed E-state index contributed by atoms with van der Waals surface area (Å²) in [5.74, 6) is 0.0280. The van der Waals surface area contributed by atoms with Crippen LogP contribution in [0.5, 0.6) is 5.75 Å². The van der Waals surface area contributed by atoms with Gasteiger partial charge in [-0.1, -0.05) is 12.1 Å². The molecule has 0 aliphatic carbocycles. The fourth-order valence-corrected chi connectivity index (χ4v) is 5.35. The number of hydrogen-bond acceptors (Lipinski definition) is 6. The maximum absolute atomic E-state index is 12.9. The second-order valence-corrected chi connectivity index (χ2v) is 8.38. The summed E-state index contributed by atoms with van der Waals surface area (Å²) >= 11 is 0. The third-order valence-corrected chi connectivity index (χ3v) is 6.73. The van der Waals surface area contributed by atoms with Crippen molar-refractivity contribution in [1.29, 1.82) is 0 Å². The van der Waals surface area contributed by atoms with Gasteiger partial charge in [0.25, 0.3) is 0 Å². The smallest absolute Gasteiger partial charge is 0.410 e. The molecular weight excluding hydrogens is 362 g/mol. The molecule has 2 atom stereocenters. The first kappa shape index (κ1) is 17.1. The highest BCUT2D eigenvalue weighted by molar-refractivity contribution is 7.89. The Morgan fingerprint density at radius 1 is 1.27 bits per heavy atom. The fourth-order valence-electron chi connectivity index (χ4n) is 3.55. The Bertz CT molecular complexity index is 842. The van der Waals surface area contributed by atoms with Crippen molar-refractivity contribution in [3.05, 3.63) is 24.3 Å². The van der Waals surface area contributed by atoms with E-state index in [1.165, 1.54) is 15.3 Å². The Morgan fingerprint density at radius 2 is 2.08 bits per heavy atom. The summed E-state index contributed by atoms with van der Waals surface area (Å²) < 4.78 is 37.7. The number of benzene rings is 1. The van der Waals surface area contributed by atoms with Crippen molar-refractivity contribution in [3.8, 4) is 5.75 Å². The van der Waals surface area contributed by atoms with Crippen LogP contribution in [-0.2, 0) is 19.6 Å². The van der Waals surface area contributed by atoms with Gasteiger partial charge in [-0.05, 0) is 18.6 Å². The molecule has 1 aromatic rings. The highest BCUT2D eigenvalue weighted by Gasteiger charge is 2.44. The van der Waals surface area contributed by atoms with Gasteiger partial charge >= 0.3 is 6.09 Å². The van der Waals surface area contributed by atoms with E-state index in [0.717, 1.165) is 0 Å². The van der Waals surface area contributed by atoms with Gasteiger partial charge in [0, 0.05) is 12.6 Å².